The van der Waals surface area contributed by atoms with Crippen LogP contribution in [-0.2, 0) is 10.8 Å². The molecule has 2 N–H and O–H groups in total. The van der Waals surface area contributed by atoms with Crippen molar-refractivity contribution in [1.29, 1.82) is 0 Å². The maximum absolute atomic E-state index is 12.1. The normalized spacial score (nSPS) is 23.8. The SMILES string of the molecule is CCS(=O)C1CCCC(NC(=NC)NCC(C)c2ccc(C)cc2)C1. The second-order valence-electron chi connectivity index (χ2n) is 7.06. The molecule has 25 heavy (non-hydrogen) atoms. The summed E-state index contributed by atoms with van der Waals surface area (Å²) >= 11 is 0. The van der Waals surface area contributed by atoms with Gasteiger partial charge in [-0.05, 0) is 37.7 Å². The number of hydrogen-bond donors (Lipinski definition) is 2. The lowest BCUT2D eigenvalue weighted by Crippen LogP contribution is -2.47. The molecule has 1 aromatic rings. The topological polar surface area (TPSA) is 53.5 Å². The van der Waals surface area contributed by atoms with Gasteiger partial charge in [-0.1, -0.05) is 50.1 Å². The van der Waals surface area contributed by atoms with Crippen LogP contribution >= 0.6 is 0 Å². The summed E-state index contributed by atoms with van der Waals surface area (Å²) in [6, 6.07) is 9.09. The lowest BCUT2D eigenvalue weighted by atomic mass is 9.95. The van der Waals surface area contributed by atoms with Gasteiger partial charge in [0.2, 0.25) is 0 Å². The van der Waals surface area contributed by atoms with Crippen molar-refractivity contribution in [3.8, 4) is 0 Å². The van der Waals surface area contributed by atoms with Crippen LogP contribution in [0.1, 0.15) is 56.6 Å². The van der Waals surface area contributed by atoms with E-state index in [1.165, 1.54) is 11.1 Å². The van der Waals surface area contributed by atoms with E-state index in [-0.39, 0.29) is 0 Å². The van der Waals surface area contributed by atoms with E-state index < -0.39 is 10.8 Å². The summed E-state index contributed by atoms with van der Waals surface area (Å²) in [5, 5.41) is 7.32. The van der Waals surface area contributed by atoms with Gasteiger partial charge in [-0.2, -0.15) is 0 Å². The summed E-state index contributed by atoms with van der Waals surface area (Å²) in [5.41, 5.74) is 2.63. The minimum atomic E-state index is -0.689. The molecule has 4 atom stereocenters. The third-order valence-electron chi connectivity index (χ3n) is 5.07. The van der Waals surface area contributed by atoms with Crippen molar-refractivity contribution in [3.63, 3.8) is 0 Å². The van der Waals surface area contributed by atoms with Gasteiger partial charge in [0.25, 0.3) is 0 Å². The Bertz CT molecular complexity index is 585. The third-order valence-corrected chi connectivity index (χ3v) is 6.81. The lowest BCUT2D eigenvalue weighted by Gasteiger charge is -2.30. The van der Waals surface area contributed by atoms with Gasteiger partial charge >= 0.3 is 0 Å². The second-order valence-corrected chi connectivity index (χ2v) is 9.07. The van der Waals surface area contributed by atoms with Crippen LogP contribution in [0.25, 0.3) is 0 Å². The van der Waals surface area contributed by atoms with Crippen LogP contribution in [0.3, 0.4) is 0 Å². The third kappa shape index (κ3) is 6.14. The number of nitrogens with one attached hydrogen (secondary N) is 2. The van der Waals surface area contributed by atoms with E-state index in [4.69, 9.17) is 0 Å². The Labute approximate surface area is 155 Å². The zero-order valence-corrected chi connectivity index (χ0v) is 16.9. The molecular weight excluding hydrogens is 330 g/mol. The van der Waals surface area contributed by atoms with Crippen LogP contribution in [-0.4, -0.2) is 40.8 Å². The molecule has 0 aliphatic heterocycles. The minimum absolute atomic E-state index is 0.334. The molecule has 1 aromatic carbocycles. The molecule has 1 saturated carbocycles. The zero-order chi connectivity index (χ0) is 18.2. The molecule has 2 rings (SSSR count). The first-order valence-corrected chi connectivity index (χ1v) is 10.8. The van der Waals surface area contributed by atoms with Gasteiger partial charge in [0.05, 0.1) is 0 Å². The van der Waals surface area contributed by atoms with Gasteiger partial charge in [-0.3, -0.25) is 9.20 Å². The van der Waals surface area contributed by atoms with Crippen LogP contribution in [0.2, 0.25) is 0 Å². The first kappa shape index (κ1) is 20.0. The van der Waals surface area contributed by atoms with Gasteiger partial charge in [0.1, 0.15) is 0 Å². The van der Waals surface area contributed by atoms with Crippen LogP contribution < -0.4 is 10.6 Å². The Hall–Kier alpha value is -1.36. The summed E-state index contributed by atoms with van der Waals surface area (Å²) in [6.45, 7) is 7.20. The van der Waals surface area contributed by atoms with Gasteiger partial charge in [-0.25, -0.2) is 0 Å². The molecule has 1 aliphatic rings. The minimum Gasteiger partial charge on any atom is -0.356 e. The number of aliphatic imine (C=N–C) groups is 1. The number of nitrogens with zero attached hydrogens (tertiary/aromatic N) is 1. The monoisotopic (exact) mass is 363 g/mol. The van der Waals surface area contributed by atoms with E-state index in [2.05, 4.69) is 53.7 Å². The van der Waals surface area contributed by atoms with Crippen LogP contribution in [0.5, 0.6) is 0 Å². The second kappa shape index (κ2) is 9.95. The van der Waals surface area contributed by atoms with Crippen LogP contribution in [0.4, 0.5) is 0 Å². The standard InChI is InChI=1S/C20H33N3OS/c1-5-25(24)19-8-6-7-18(13-19)23-20(21-4)22-14-16(3)17-11-9-15(2)10-12-17/h9-12,16,18-19H,5-8,13-14H2,1-4H3,(H2,21,22,23). The summed E-state index contributed by atoms with van der Waals surface area (Å²) < 4.78 is 12.1. The van der Waals surface area contributed by atoms with Crippen LogP contribution in [0, 0.1) is 6.92 Å². The highest BCUT2D eigenvalue weighted by Crippen LogP contribution is 2.23. The molecular formula is C20H33N3OS. The quantitative estimate of drug-likeness (QED) is 0.602. The van der Waals surface area contributed by atoms with E-state index in [9.17, 15) is 4.21 Å². The molecule has 0 heterocycles. The summed E-state index contributed by atoms with van der Waals surface area (Å²) in [6.07, 6.45) is 4.35. The Morgan fingerprint density at radius 3 is 2.68 bits per heavy atom. The fourth-order valence-corrected chi connectivity index (χ4v) is 4.75. The molecule has 0 saturated heterocycles. The van der Waals surface area contributed by atoms with E-state index in [0.717, 1.165) is 43.9 Å². The molecule has 140 valence electrons. The van der Waals surface area contributed by atoms with Crippen molar-refractivity contribution < 1.29 is 4.21 Å². The first-order chi connectivity index (χ1) is 12.0. The fourth-order valence-electron chi connectivity index (χ4n) is 3.40. The van der Waals surface area contributed by atoms with E-state index >= 15 is 0 Å². The molecule has 0 amide bonds. The van der Waals surface area contributed by atoms with Crippen molar-refractivity contribution in [1.82, 2.24) is 10.6 Å². The maximum Gasteiger partial charge on any atom is 0.191 e. The van der Waals surface area contributed by atoms with E-state index in [0.29, 0.717) is 17.2 Å². The number of hydrogen-bond acceptors (Lipinski definition) is 2. The van der Waals surface area contributed by atoms with Crippen molar-refractivity contribution >= 4 is 16.8 Å². The molecule has 1 fully saturated rings. The number of guanidine groups is 1. The average molecular weight is 364 g/mol. The molecule has 0 spiro atoms. The highest BCUT2D eigenvalue weighted by atomic mass is 32.2. The van der Waals surface area contributed by atoms with E-state index in [1.54, 1.807) is 0 Å². The zero-order valence-electron chi connectivity index (χ0n) is 16.0. The Morgan fingerprint density at radius 2 is 2.04 bits per heavy atom. The van der Waals surface area contributed by atoms with E-state index in [1.807, 2.05) is 14.0 Å². The number of rotatable bonds is 6. The highest BCUT2D eigenvalue weighted by Gasteiger charge is 2.26. The smallest absolute Gasteiger partial charge is 0.191 e. The number of benzene rings is 1. The molecule has 5 heteroatoms. The Balaban J connectivity index is 1.84. The summed E-state index contributed by atoms with van der Waals surface area (Å²) in [5.74, 6) is 2.04. The summed E-state index contributed by atoms with van der Waals surface area (Å²) in [7, 11) is 1.13. The molecule has 1 aliphatic carbocycles. The van der Waals surface area contributed by atoms with Crippen molar-refractivity contribution in [3.05, 3.63) is 35.4 Å². The Morgan fingerprint density at radius 1 is 1.32 bits per heavy atom. The van der Waals surface area contributed by atoms with Crippen molar-refractivity contribution in [2.45, 2.75) is 63.7 Å². The highest BCUT2D eigenvalue weighted by molar-refractivity contribution is 7.85. The average Bonchev–Trinajstić information content (AvgIpc) is 2.64. The maximum atomic E-state index is 12.1. The largest absolute Gasteiger partial charge is 0.356 e. The van der Waals surface area contributed by atoms with Gasteiger partial charge in [0, 0.05) is 41.4 Å². The fraction of sp³-hybridized carbons (Fsp3) is 0.650. The molecule has 0 bridgehead atoms. The molecule has 4 nitrogen and oxygen atoms in total. The van der Waals surface area contributed by atoms with Gasteiger partial charge in [0.15, 0.2) is 5.96 Å². The first-order valence-electron chi connectivity index (χ1n) is 9.44. The lowest BCUT2D eigenvalue weighted by molar-refractivity contribution is 0.413. The van der Waals surface area contributed by atoms with Crippen molar-refractivity contribution in [2.24, 2.45) is 4.99 Å². The van der Waals surface area contributed by atoms with Crippen LogP contribution in [0.15, 0.2) is 29.3 Å². The number of aryl methyl sites for hydroxylation is 1. The predicted octanol–water partition coefficient (Wildman–Crippen LogP) is 3.34. The van der Waals surface area contributed by atoms with Gasteiger partial charge < -0.3 is 10.6 Å². The molecule has 0 radical (unpaired) electrons. The predicted molar refractivity (Wildman–Crippen MR) is 109 cm³/mol. The Kier molecular flexibility index (Phi) is 7.94. The van der Waals surface area contributed by atoms with Gasteiger partial charge in [-0.15, -0.1) is 0 Å². The molecule has 0 aromatic heterocycles. The summed E-state index contributed by atoms with van der Waals surface area (Å²) in [4.78, 5) is 4.37. The molecule has 4 unspecified atom stereocenters. The van der Waals surface area contributed by atoms with Crippen molar-refractivity contribution in [2.75, 3.05) is 19.3 Å².